The summed E-state index contributed by atoms with van der Waals surface area (Å²) in [7, 11) is 0. The molecule has 0 aromatic carbocycles. The van der Waals surface area contributed by atoms with Crippen LogP contribution >= 0.6 is 0 Å². The van der Waals surface area contributed by atoms with Gasteiger partial charge in [0, 0.05) is 65.2 Å². The molecule has 2 heterocycles. The average Bonchev–Trinajstić information content (AvgIpc) is 3.66. The molecule has 0 N–H and O–H groups in total. The van der Waals surface area contributed by atoms with Gasteiger partial charge in [-0.05, 0) is 83.7 Å². The first-order chi connectivity index (χ1) is 29.8. The van der Waals surface area contributed by atoms with E-state index in [0.29, 0.717) is 18.3 Å². The SMILES string of the molecule is C=C(C(=O)[C@H](OC(C)=O)[C@@H](C)[C@H]1[C@@H](OC(C)=O)C[C@@]2(C)[C@@H]3CC[C@H]4[C@H](C)C(=O)C=C[C@@]45C[C@@]35CC[C@]12C)[C@@H](C)CO[C@@]1(C)O[C@@H]2O[C@@H](COC(C)=O)[C@H](OC(C)=O)[C@@H](OC(C)=O)[C@@H]2O1. The van der Waals surface area contributed by atoms with Gasteiger partial charge in [0.2, 0.25) is 0 Å². The molecule has 2 aliphatic heterocycles. The molecule has 7 aliphatic rings. The minimum absolute atomic E-state index is 0.0128. The van der Waals surface area contributed by atoms with E-state index in [0.717, 1.165) is 32.1 Å². The Balaban J connectivity index is 1.09. The lowest BCUT2D eigenvalue weighted by Crippen LogP contribution is -2.60. The van der Waals surface area contributed by atoms with Crippen LogP contribution in [-0.4, -0.2) is 104 Å². The number of hydrogen-bond acceptors (Lipinski definition) is 16. The summed E-state index contributed by atoms with van der Waals surface area (Å²) >= 11 is 0. The Hall–Kier alpha value is -3.99. The van der Waals surface area contributed by atoms with E-state index in [1.807, 2.05) is 13.0 Å². The van der Waals surface area contributed by atoms with Gasteiger partial charge in [-0.2, -0.15) is 0 Å². The molecule has 0 radical (unpaired) electrons. The molecule has 5 aliphatic carbocycles. The van der Waals surface area contributed by atoms with Crippen molar-refractivity contribution in [2.24, 2.45) is 57.2 Å². The van der Waals surface area contributed by atoms with Crippen molar-refractivity contribution in [2.75, 3.05) is 13.2 Å². The second-order valence-corrected chi connectivity index (χ2v) is 20.4. The van der Waals surface area contributed by atoms with Gasteiger partial charge in [-0.15, -0.1) is 0 Å². The quantitative estimate of drug-likeness (QED) is 0.120. The van der Waals surface area contributed by atoms with Crippen molar-refractivity contribution in [2.45, 2.75) is 164 Å². The van der Waals surface area contributed by atoms with E-state index in [4.69, 9.17) is 42.6 Å². The van der Waals surface area contributed by atoms with E-state index >= 15 is 0 Å². The fraction of sp³-hybridized carbons (Fsp3) is 0.771. The van der Waals surface area contributed by atoms with E-state index in [1.165, 1.54) is 41.5 Å². The molecular weight excluding hydrogens is 833 g/mol. The lowest BCUT2D eigenvalue weighted by Gasteiger charge is -2.61. The Labute approximate surface area is 375 Å². The summed E-state index contributed by atoms with van der Waals surface area (Å²) < 4.78 is 52.7. The number of hydrogen-bond donors (Lipinski definition) is 0. The maximum Gasteiger partial charge on any atom is 0.303 e. The first-order valence-corrected chi connectivity index (χ1v) is 22.8. The summed E-state index contributed by atoms with van der Waals surface area (Å²) in [5.41, 5.74) is -0.543. The molecule has 64 heavy (non-hydrogen) atoms. The minimum atomic E-state index is -1.83. The summed E-state index contributed by atoms with van der Waals surface area (Å²) in [5.74, 6) is -6.23. The lowest BCUT2D eigenvalue weighted by molar-refractivity contribution is -0.346. The molecule has 0 amide bonds. The maximum atomic E-state index is 14.7. The van der Waals surface area contributed by atoms with Crippen molar-refractivity contribution in [3.05, 3.63) is 24.3 Å². The van der Waals surface area contributed by atoms with Crippen LogP contribution in [0.5, 0.6) is 0 Å². The van der Waals surface area contributed by atoms with Gasteiger partial charge in [0.05, 0.1) is 6.61 Å². The van der Waals surface area contributed by atoms with Crippen LogP contribution in [0.4, 0.5) is 0 Å². The van der Waals surface area contributed by atoms with Crippen molar-refractivity contribution < 1.29 is 76.2 Å². The summed E-state index contributed by atoms with van der Waals surface area (Å²) in [4.78, 5) is 89.2. The molecule has 0 aromatic heterocycles. The topological polar surface area (TPSA) is 203 Å². The number of ether oxygens (including phenoxy) is 9. The van der Waals surface area contributed by atoms with Crippen LogP contribution in [0.15, 0.2) is 24.3 Å². The Morgan fingerprint density at radius 3 is 2.12 bits per heavy atom. The number of carbonyl (C=O) groups excluding carboxylic acids is 7. The number of allylic oxidation sites excluding steroid dienone is 2. The van der Waals surface area contributed by atoms with Crippen molar-refractivity contribution in [1.29, 1.82) is 0 Å². The van der Waals surface area contributed by atoms with E-state index in [1.54, 1.807) is 6.92 Å². The molecule has 16 heteroatoms. The Kier molecular flexibility index (Phi) is 12.8. The molecule has 7 rings (SSSR count). The Bertz CT molecular complexity index is 1990. The molecule has 18 atom stereocenters. The molecular formula is C48H66O16. The highest BCUT2D eigenvalue weighted by Gasteiger charge is 2.82. The van der Waals surface area contributed by atoms with Gasteiger partial charge < -0.3 is 37.9 Å². The van der Waals surface area contributed by atoms with Gasteiger partial charge in [-0.3, -0.25) is 38.3 Å². The highest BCUT2D eigenvalue weighted by Crippen LogP contribution is 2.87. The molecule has 2 saturated heterocycles. The van der Waals surface area contributed by atoms with Crippen LogP contribution in [0.2, 0.25) is 0 Å². The molecule has 6 fully saturated rings. The molecule has 2 spiro atoms. The average molecular weight is 899 g/mol. The van der Waals surface area contributed by atoms with Crippen LogP contribution in [0.3, 0.4) is 0 Å². The van der Waals surface area contributed by atoms with E-state index in [2.05, 4.69) is 33.4 Å². The normalized spacial score (nSPS) is 42.8. The van der Waals surface area contributed by atoms with E-state index in [9.17, 15) is 33.6 Å². The second kappa shape index (κ2) is 17.0. The summed E-state index contributed by atoms with van der Waals surface area (Å²) in [6.07, 6.45) is 1.62. The fourth-order valence-corrected chi connectivity index (χ4v) is 13.9. The third kappa shape index (κ3) is 7.95. The molecule has 0 aromatic rings. The van der Waals surface area contributed by atoms with Crippen LogP contribution in [0, 0.1) is 57.2 Å². The van der Waals surface area contributed by atoms with Crippen molar-refractivity contribution in [1.82, 2.24) is 0 Å². The number of rotatable bonds is 14. The predicted molar refractivity (Wildman–Crippen MR) is 223 cm³/mol. The second-order valence-electron chi connectivity index (χ2n) is 20.4. The summed E-state index contributed by atoms with van der Waals surface area (Å²) in [5, 5.41) is 0. The summed E-state index contributed by atoms with van der Waals surface area (Å²) in [6, 6.07) is 0. The number of esters is 5. The number of ketones is 2. The van der Waals surface area contributed by atoms with Crippen molar-refractivity contribution >= 4 is 41.4 Å². The fourth-order valence-electron chi connectivity index (χ4n) is 13.9. The number of fused-ring (bicyclic) bond motifs is 3. The predicted octanol–water partition coefficient (Wildman–Crippen LogP) is 5.51. The first kappa shape index (κ1) is 48.0. The minimum Gasteiger partial charge on any atom is -0.463 e. The van der Waals surface area contributed by atoms with Crippen LogP contribution in [0.1, 0.15) is 115 Å². The van der Waals surface area contributed by atoms with Crippen LogP contribution < -0.4 is 0 Å². The first-order valence-electron chi connectivity index (χ1n) is 22.8. The zero-order valence-corrected chi connectivity index (χ0v) is 39.1. The molecule has 354 valence electrons. The molecule has 0 unspecified atom stereocenters. The smallest absolute Gasteiger partial charge is 0.303 e. The van der Waals surface area contributed by atoms with Gasteiger partial charge >= 0.3 is 29.8 Å². The monoisotopic (exact) mass is 898 g/mol. The van der Waals surface area contributed by atoms with Crippen LogP contribution in [-0.2, 0) is 76.2 Å². The van der Waals surface area contributed by atoms with Gasteiger partial charge in [-0.1, -0.05) is 47.3 Å². The summed E-state index contributed by atoms with van der Waals surface area (Å²) in [6.45, 7) is 21.6. The van der Waals surface area contributed by atoms with Gasteiger partial charge in [0.1, 0.15) is 18.8 Å². The maximum absolute atomic E-state index is 14.7. The third-order valence-electron chi connectivity index (χ3n) is 16.8. The highest BCUT2D eigenvalue weighted by atomic mass is 16.9. The number of Topliss-reactive ketones (excluding diaryl/α,β-unsaturated/α-hetero) is 1. The molecule has 0 bridgehead atoms. The van der Waals surface area contributed by atoms with Crippen molar-refractivity contribution in [3.8, 4) is 0 Å². The lowest BCUT2D eigenvalue weighted by atomic mass is 9.43. The van der Waals surface area contributed by atoms with Crippen molar-refractivity contribution in [3.63, 3.8) is 0 Å². The number of carbonyl (C=O) groups is 7. The van der Waals surface area contributed by atoms with E-state index in [-0.39, 0.29) is 52.7 Å². The molecule has 4 saturated carbocycles. The zero-order chi connectivity index (χ0) is 47.1. The van der Waals surface area contributed by atoms with Gasteiger partial charge in [0.25, 0.3) is 5.97 Å². The zero-order valence-electron chi connectivity index (χ0n) is 39.1. The van der Waals surface area contributed by atoms with E-state index < -0.39 is 102 Å². The highest BCUT2D eigenvalue weighted by molar-refractivity contribution is 6.00. The Morgan fingerprint density at radius 1 is 0.844 bits per heavy atom. The third-order valence-corrected chi connectivity index (χ3v) is 16.8. The standard InChI is InChI=1S/C48H66O16/c1-23(20-57-46(12)63-42-41(61-31(9)53)40(60-30(8)52)35(21-56-27(5)49)62-43(42)64-46)24(2)38(55)39(59-29(7)51)26(4)37-34(58-28(6)50)19-45(11)36-14-13-32-25(3)33(54)15-16-47(32)22-48(36,47)18-17-44(37,45)10/h15-16,23,25-26,32,34-37,39-43H,2,13-14,17-22H2,1,3-12H3/t23-,25-,26-,32-,34-,35-,36-,37-,39+,40-,41+,42-,43-,44+,45-,46+,47+,48-/m0/s1. The van der Waals surface area contributed by atoms with Gasteiger partial charge in [-0.25, -0.2) is 0 Å². The molecule has 16 nitrogen and oxygen atoms in total. The Morgan fingerprint density at radius 2 is 1.50 bits per heavy atom. The van der Waals surface area contributed by atoms with Gasteiger partial charge in [0.15, 0.2) is 42.3 Å². The van der Waals surface area contributed by atoms with Crippen LogP contribution in [0.25, 0.3) is 0 Å². The largest absolute Gasteiger partial charge is 0.463 e.